The number of aryl methyl sites for hydroxylation is 1. The highest BCUT2D eigenvalue weighted by Gasteiger charge is 2.43. The van der Waals surface area contributed by atoms with Gasteiger partial charge >= 0.3 is 0 Å². The van der Waals surface area contributed by atoms with Crippen LogP contribution in [0, 0.1) is 6.92 Å². The van der Waals surface area contributed by atoms with E-state index in [2.05, 4.69) is 36.3 Å². The summed E-state index contributed by atoms with van der Waals surface area (Å²) >= 11 is 1.85. The lowest BCUT2D eigenvalue weighted by atomic mass is 9.73. The molecule has 2 aliphatic rings. The summed E-state index contributed by atoms with van der Waals surface area (Å²) in [4.78, 5) is 4.79. The topological polar surface area (TPSA) is 74.2 Å². The molecule has 2 aliphatic heterocycles. The number of aromatic nitrogens is 2. The average molecular weight is 345 g/mol. The van der Waals surface area contributed by atoms with E-state index in [0.717, 1.165) is 36.6 Å². The molecule has 6 heteroatoms. The second-order valence-electron chi connectivity index (χ2n) is 6.94. The lowest BCUT2D eigenvalue weighted by molar-refractivity contribution is 0.0597. The third-order valence-corrected chi connectivity index (χ3v) is 6.49. The molecule has 4 rings (SSSR count). The van der Waals surface area contributed by atoms with Crippen LogP contribution in [0.2, 0.25) is 0 Å². The van der Waals surface area contributed by atoms with Crippen molar-refractivity contribution in [1.82, 2.24) is 10.1 Å². The van der Waals surface area contributed by atoms with E-state index in [4.69, 9.17) is 20.0 Å². The quantitative estimate of drug-likeness (QED) is 0.922. The molecule has 0 amide bonds. The van der Waals surface area contributed by atoms with Crippen LogP contribution in [0.25, 0.3) is 0 Å². The van der Waals surface area contributed by atoms with Crippen molar-refractivity contribution in [3.63, 3.8) is 0 Å². The average Bonchev–Trinajstić information content (AvgIpc) is 3.26. The zero-order chi connectivity index (χ0) is 16.6. The van der Waals surface area contributed by atoms with Gasteiger partial charge < -0.3 is 15.0 Å². The summed E-state index contributed by atoms with van der Waals surface area (Å²) < 4.78 is 11.2. The van der Waals surface area contributed by atoms with Crippen molar-refractivity contribution < 1.29 is 9.26 Å². The van der Waals surface area contributed by atoms with Gasteiger partial charge in [0.1, 0.15) is 5.54 Å². The number of thioether (sulfide) groups is 1. The molecule has 0 aliphatic carbocycles. The van der Waals surface area contributed by atoms with Gasteiger partial charge in [-0.3, -0.25) is 0 Å². The first-order valence-electron chi connectivity index (χ1n) is 8.49. The molecule has 3 heterocycles. The fraction of sp³-hybridized carbons (Fsp3) is 0.556. The van der Waals surface area contributed by atoms with Crippen LogP contribution in [0.4, 0.5) is 0 Å². The van der Waals surface area contributed by atoms with Crippen LogP contribution in [0.3, 0.4) is 0 Å². The van der Waals surface area contributed by atoms with Gasteiger partial charge in [-0.15, -0.1) is 0 Å². The Morgan fingerprint density at radius 2 is 1.88 bits per heavy atom. The summed E-state index contributed by atoms with van der Waals surface area (Å²) in [6, 6.07) is 8.65. The fourth-order valence-corrected chi connectivity index (χ4v) is 4.89. The minimum atomic E-state index is -0.477. The third kappa shape index (κ3) is 2.66. The summed E-state index contributed by atoms with van der Waals surface area (Å²) in [7, 11) is 0. The minimum Gasteiger partial charge on any atom is -0.381 e. The Labute approximate surface area is 146 Å². The van der Waals surface area contributed by atoms with E-state index in [9.17, 15) is 0 Å². The Hall–Kier alpha value is -1.37. The van der Waals surface area contributed by atoms with Gasteiger partial charge in [-0.05, 0) is 37.5 Å². The van der Waals surface area contributed by atoms with Crippen molar-refractivity contribution in [2.45, 2.75) is 37.1 Å². The Morgan fingerprint density at radius 3 is 2.54 bits per heavy atom. The molecular weight excluding hydrogens is 322 g/mol. The number of nitrogens with two attached hydrogens (primary N) is 1. The van der Waals surface area contributed by atoms with E-state index in [-0.39, 0.29) is 5.41 Å². The highest BCUT2D eigenvalue weighted by atomic mass is 32.2. The number of hydrogen-bond acceptors (Lipinski definition) is 6. The van der Waals surface area contributed by atoms with Gasteiger partial charge in [0.15, 0.2) is 5.82 Å². The molecule has 5 nitrogen and oxygen atoms in total. The summed E-state index contributed by atoms with van der Waals surface area (Å²) in [6.45, 7) is 3.52. The number of hydrogen-bond donors (Lipinski definition) is 1. The van der Waals surface area contributed by atoms with Crippen molar-refractivity contribution in [3.8, 4) is 0 Å². The van der Waals surface area contributed by atoms with Crippen LogP contribution in [0.5, 0.6) is 0 Å². The van der Waals surface area contributed by atoms with Crippen LogP contribution in [-0.2, 0) is 15.7 Å². The molecule has 24 heavy (non-hydrogen) atoms. The Kier molecular flexibility index (Phi) is 4.14. The molecule has 1 aromatic carbocycles. The second kappa shape index (κ2) is 6.17. The first kappa shape index (κ1) is 16.1. The number of benzene rings is 1. The smallest absolute Gasteiger partial charge is 0.247 e. The largest absolute Gasteiger partial charge is 0.381 e. The molecule has 2 fully saturated rings. The van der Waals surface area contributed by atoms with Crippen molar-refractivity contribution in [1.29, 1.82) is 0 Å². The maximum atomic E-state index is 6.48. The van der Waals surface area contributed by atoms with Crippen molar-refractivity contribution in [2.75, 3.05) is 24.7 Å². The molecule has 128 valence electrons. The minimum absolute atomic E-state index is 0.240. The van der Waals surface area contributed by atoms with Crippen molar-refractivity contribution in [2.24, 2.45) is 5.73 Å². The molecule has 2 aromatic rings. The Balaban J connectivity index is 1.74. The van der Waals surface area contributed by atoms with Crippen LogP contribution in [0.1, 0.15) is 42.1 Å². The van der Waals surface area contributed by atoms with Crippen LogP contribution in [0.15, 0.2) is 28.8 Å². The normalized spacial score (nSPS) is 26.6. The van der Waals surface area contributed by atoms with E-state index in [1.165, 1.54) is 11.1 Å². The first-order valence-corrected chi connectivity index (χ1v) is 9.64. The lowest BCUT2D eigenvalue weighted by Gasteiger charge is -2.35. The fourth-order valence-electron chi connectivity index (χ4n) is 3.60. The first-order chi connectivity index (χ1) is 11.6. The predicted octanol–water partition coefficient (Wildman–Crippen LogP) is 2.77. The zero-order valence-corrected chi connectivity index (χ0v) is 14.8. The summed E-state index contributed by atoms with van der Waals surface area (Å²) in [5.74, 6) is 3.23. The monoisotopic (exact) mass is 345 g/mol. The molecular formula is C18H23N3O2S. The van der Waals surface area contributed by atoms with E-state index in [0.29, 0.717) is 19.1 Å². The molecule has 2 saturated heterocycles. The standard InChI is InChI=1S/C18H23N3O2S/c1-13-2-4-14(5-3-13)17(6-9-22-10-7-17)15-20-16(23-21-15)18(19)8-11-24-12-18/h2-5H,6-12,19H2,1H3. The van der Waals surface area contributed by atoms with E-state index >= 15 is 0 Å². The van der Waals surface area contributed by atoms with Crippen LogP contribution in [-0.4, -0.2) is 34.9 Å². The van der Waals surface area contributed by atoms with Gasteiger partial charge in [-0.2, -0.15) is 16.7 Å². The SMILES string of the molecule is Cc1ccc(C2(c3noc(C4(N)CCSC4)n3)CCOCC2)cc1. The molecule has 1 unspecified atom stereocenters. The second-order valence-corrected chi connectivity index (χ2v) is 8.05. The predicted molar refractivity (Wildman–Crippen MR) is 94.1 cm³/mol. The van der Waals surface area contributed by atoms with Gasteiger partial charge in [-0.25, -0.2) is 0 Å². The summed E-state index contributed by atoms with van der Waals surface area (Å²) in [5.41, 5.74) is 8.25. The van der Waals surface area contributed by atoms with E-state index in [1.54, 1.807) is 0 Å². The summed E-state index contributed by atoms with van der Waals surface area (Å²) in [5, 5.41) is 4.37. The third-order valence-electron chi connectivity index (χ3n) is 5.28. The molecule has 0 bridgehead atoms. The maximum Gasteiger partial charge on any atom is 0.247 e. The van der Waals surface area contributed by atoms with Gasteiger partial charge in [0, 0.05) is 19.0 Å². The molecule has 2 N–H and O–H groups in total. The molecule has 1 atom stereocenters. The highest BCUT2D eigenvalue weighted by molar-refractivity contribution is 7.99. The molecule has 0 radical (unpaired) electrons. The Morgan fingerprint density at radius 1 is 1.12 bits per heavy atom. The molecule has 1 aromatic heterocycles. The Bertz CT molecular complexity index is 701. The maximum absolute atomic E-state index is 6.48. The number of ether oxygens (including phenoxy) is 1. The van der Waals surface area contributed by atoms with Gasteiger partial charge in [0.25, 0.3) is 0 Å². The van der Waals surface area contributed by atoms with Gasteiger partial charge in [-0.1, -0.05) is 35.0 Å². The van der Waals surface area contributed by atoms with Crippen LogP contribution >= 0.6 is 11.8 Å². The van der Waals surface area contributed by atoms with Gasteiger partial charge in [0.2, 0.25) is 5.89 Å². The van der Waals surface area contributed by atoms with Crippen molar-refractivity contribution >= 4 is 11.8 Å². The lowest BCUT2D eigenvalue weighted by Crippen LogP contribution is -2.38. The van der Waals surface area contributed by atoms with E-state index < -0.39 is 5.54 Å². The highest BCUT2D eigenvalue weighted by Crippen LogP contribution is 2.41. The van der Waals surface area contributed by atoms with Gasteiger partial charge in [0.05, 0.1) is 5.41 Å². The number of rotatable bonds is 3. The molecule has 0 spiro atoms. The molecule has 0 saturated carbocycles. The zero-order valence-electron chi connectivity index (χ0n) is 14.0. The van der Waals surface area contributed by atoms with Crippen molar-refractivity contribution in [3.05, 3.63) is 47.1 Å². The number of nitrogens with zero attached hydrogens (tertiary/aromatic N) is 2. The van der Waals surface area contributed by atoms with Crippen LogP contribution < -0.4 is 5.73 Å². The summed E-state index contributed by atoms with van der Waals surface area (Å²) in [6.07, 6.45) is 2.61. The van der Waals surface area contributed by atoms with E-state index in [1.807, 2.05) is 11.8 Å².